The average molecular weight is 993 g/mol. The van der Waals surface area contributed by atoms with Crippen LogP contribution in [0.2, 0.25) is 0 Å². The molecule has 7 amide bonds. The molecule has 0 radical (unpaired) electrons. The molecule has 2 aliphatic rings. The van der Waals surface area contributed by atoms with Gasteiger partial charge in [0.1, 0.15) is 60.4 Å². The minimum Gasteiger partial charge on any atom is -0.508 e. The van der Waals surface area contributed by atoms with Gasteiger partial charge in [0.25, 0.3) is 0 Å². The largest absolute Gasteiger partial charge is 0.508 e. The smallest absolute Gasteiger partial charge is 0.329 e. The minimum atomic E-state index is -1.89. The maximum absolute atomic E-state index is 15.1. The van der Waals surface area contributed by atoms with E-state index >= 15 is 4.79 Å². The number of benzene rings is 2. The topological polar surface area (TPSA) is 355 Å². The average Bonchev–Trinajstić information content (AvgIpc) is 3.32. The fourth-order valence-corrected chi connectivity index (χ4v) is 8.27. The molecule has 2 fully saturated rings. The summed E-state index contributed by atoms with van der Waals surface area (Å²) in [5.41, 5.74) is 12.1. The lowest BCUT2D eigenvalue weighted by molar-refractivity contribution is -0.165. The Bertz CT molecular complexity index is 2240. The van der Waals surface area contributed by atoms with Gasteiger partial charge < -0.3 is 67.9 Å². The number of fused-ring (bicyclic) bond motifs is 2. The highest BCUT2D eigenvalue weighted by atomic mass is 16.5. The quantitative estimate of drug-likeness (QED) is 0.0396. The predicted molar refractivity (Wildman–Crippen MR) is 256 cm³/mol. The number of hydrogen-bond donors (Lipinski definition) is 10. The van der Waals surface area contributed by atoms with Gasteiger partial charge in [0, 0.05) is 32.9 Å². The zero-order valence-electron chi connectivity index (χ0n) is 40.7. The van der Waals surface area contributed by atoms with Crippen LogP contribution < -0.4 is 38.1 Å². The lowest BCUT2D eigenvalue weighted by atomic mass is 9.95. The number of cyclic esters (lactones) is 1. The number of amides is 7. The molecule has 12 N–H and O–H groups in total. The third-order valence-corrected chi connectivity index (χ3v) is 12.5. The van der Waals surface area contributed by atoms with Crippen LogP contribution in [0.25, 0.3) is 0 Å². The maximum Gasteiger partial charge on any atom is 0.329 e. The Morgan fingerprint density at radius 3 is 2.14 bits per heavy atom. The van der Waals surface area contributed by atoms with Gasteiger partial charge >= 0.3 is 11.9 Å². The molecule has 2 heterocycles. The van der Waals surface area contributed by atoms with E-state index in [2.05, 4.69) is 31.6 Å². The van der Waals surface area contributed by atoms with Gasteiger partial charge in [0.05, 0.1) is 6.42 Å². The number of piperidine rings is 1. The van der Waals surface area contributed by atoms with Crippen LogP contribution in [-0.2, 0) is 60.7 Å². The van der Waals surface area contributed by atoms with Gasteiger partial charge in [-0.3, -0.25) is 43.3 Å². The number of phenols is 1. The molecule has 4 rings (SSSR count). The molecule has 1 unspecified atom stereocenters. The normalized spacial score (nSPS) is 24.6. The van der Waals surface area contributed by atoms with Gasteiger partial charge in [-0.1, -0.05) is 69.7 Å². The first-order chi connectivity index (χ1) is 33.6. The second-order valence-electron chi connectivity index (χ2n) is 17.9. The molecule has 10 atom stereocenters. The molecule has 0 saturated carbocycles. The van der Waals surface area contributed by atoms with Crippen LogP contribution in [0.3, 0.4) is 0 Å². The molecule has 388 valence electrons. The summed E-state index contributed by atoms with van der Waals surface area (Å²) in [6.45, 7) is 6.29. The minimum absolute atomic E-state index is 0.0138. The number of carbonyl (C=O) groups is 9. The Balaban J connectivity index is 1.91. The van der Waals surface area contributed by atoms with Crippen molar-refractivity contribution in [2.75, 3.05) is 13.6 Å². The van der Waals surface area contributed by atoms with E-state index in [1.807, 2.05) is 0 Å². The molecule has 23 heteroatoms. The number of carboxylic acids is 1. The second-order valence-corrected chi connectivity index (χ2v) is 17.9. The molecule has 2 bridgehead atoms. The van der Waals surface area contributed by atoms with Gasteiger partial charge in [-0.05, 0) is 68.2 Å². The molecular weight excluding hydrogens is 925 g/mol. The van der Waals surface area contributed by atoms with Crippen LogP contribution in [0, 0.1) is 5.92 Å². The number of nitrogens with one attached hydrogen (secondary N) is 5. The van der Waals surface area contributed by atoms with Crippen molar-refractivity contribution in [2.24, 2.45) is 22.4 Å². The monoisotopic (exact) mass is 992 g/mol. The van der Waals surface area contributed by atoms with Crippen LogP contribution in [0.4, 0.5) is 0 Å². The maximum atomic E-state index is 15.1. The van der Waals surface area contributed by atoms with E-state index in [1.165, 1.54) is 38.2 Å². The number of hydrogen-bond acceptors (Lipinski definition) is 13. The first kappa shape index (κ1) is 56.3. The number of likely N-dealkylation sites (N-methyl/N-ethyl adjacent to an activating group) is 1. The van der Waals surface area contributed by atoms with E-state index in [1.54, 1.807) is 51.1 Å². The van der Waals surface area contributed by atoms with Gasteiger partial charge in [-0.25, -0.2) is 4.79 Å². The number of aliphatic hydroxyl groups excluding tert-OH is 1. The number of aromatic hydroxyl groups is 1. The third-order valence-electron chi connectivity index (χ3n) is 12.5. The molecule has 0 aromatic heterocycles. The summed E-state index contributed by atoms with van der Waals surface area (Å²) in [4.78, 5) is 132. The number of nitrogens with zero attached hydrogens (tertiary/aromatic N) is 3. The van der Waals surface area contributed by atoms with Crippen LogP contribution in [0.5, 0.6) is 5.75 Å². The number of esters is 1. The Morgan fingerprint density at radius 1 is 0.873 bits per heavy atom. The highest BCUT2D eigenvalue weighted by Crippen LogP contribution is 2.26. The first-order valence-corrected chi connectivity index (χ1v) is 23.7. The SMILES string of the molecule is CCCC(=O)N[C@@H](CC(=O)O)C(=O)N[C@@H]1C(=O)N[C@@H](CCCN=C(N)N)C(=O)N[C@H]2CC[C@@H](O)N(C2=O)[C@@H](Cc2ccccc2)C(=O)N(C)[C@@H](Cc2ccc(O)cc2)C(=O)NC([C@@H](C)CC)C(=O)O[C@@H]1C. The van der Waals surface area contributed by atoms with Crippen LogP contribution in [0.1, 0.15) is 90.2 Å². The van der Waals surface area contributed by atoms with Gasteiger partial charge in [-0.2, -0.15) is 0 Å². The van der Waals surface area contributed by atoms with Crippen molar-refractivity contribution in [3.8, 4) is 5.75 Å². The zero-order valence-corrected chi connectivity index (χ0v) is 40.7. The van der Waals surface area contributed by atoms with E-state index in [0.29, 0.717) is 17.5 Å². The number of carbonyl (C=O) groups excluding carboxylic acids is 8. The van der Waals surface area contributed by atoms with E-state index in [4.69, 9.17) is 16.2 Å². The Hall–Kier alpha value is -7.30. The van der Waals surface area contributed by atoms with Crippen LogP contribution in [0.15, 0.2) is 59.6 Å². The number of phenolic OH excluding ortho intramolecular Hbond substituents is 1. The van der Waals surface area contributed by atoms with Gasteiger partial charge in [0.2, 0.25) is 41.4 Å². The van der Waals surface area contributed by atoms with Gasteiger partial charge in [0.15, 0.2) is 5.96 Å². The Kier molecular flexibility index (Phi) is 21.1. The molecule has 2 saturated heterocycles. The molecule has 2 aliphatic heterocycles. The number of aliphatic imine (C=N–C) groups is 1. The third kappa shape index (κ3) is 16.1. The lowest BCUT2D eigenvalue weighted by Crippen LogP contribution is -2.65. The highest BCUT2D eigenvalue weighted by molar-refractivity contribution is 5.99. The summed E-state index contributed by atoms with van der Waals surface area (Å²) in [6.07, 6.45) is -4.13. The van der Waals surface area contributed by atoms with Crippen molar-refractivity contribution in [3.63, 3.8) is 0 Å². The fraction of sp³-hybridized carbons (Fsp3) is 0.542. The first-order valence-electron chi connectivity index (χ1n) is 23.7. The summed E-state index contributed by atoms with van der Waals surface area (Å²) in [7, 11) is 1.34. The van der Waals surface area contributed by atoms with Crippen molar-refractivity contribution in [1.29, 1.82) is 0 Å². The van der Waals surface area contributed by atoms with Crippen LogP contribution in [-0.4, -0.2) is 153 Å². The van der Waals surface area contributed by atoms with E-state index in [0.717, 1.165) is 9.80 Å². The second kappa shape index (κ2) is 26.6. The van der Waals surface area contributed by atoms with E-state index in [9.17, 15) is 53.7 Å². The summed E-state index contributed by atoms with van der Waals surface area (Å²) in [6, 6.07) is 3.65. The molecule has 2 aromatic carbocycles. The number of ether oxygens (including phenoxy) is 1. The predicted octanol–water partition coefficient (Wildman–Crippen LogP) is -0.942. The van der Waals surface area contributed by atoms with E-state index < -0.39 is 120 Å². The number of nitrogens with two attached hydrogens (primary N) is 2. The Morgan fingerprint density at radius 2 is 1.52 bits per heavy atom. The summed E-state index contributed by atoms with van der Waals surface area (Å²) in [5, 5.41) is 44.0. The molecule has 0 spiro atoms. The standard InChI is InChI=1S/C48H68N10O13/c1-6-12-36(60)52-33(25-38(62)63)42(65)56-40-27(4)71-47(70)39(26(3)7-2)55-43(66)34(23-29-16-18-30(59)19-17-29)57(5)46(69)35(24-28-13-9-8-10-14-28)58-37(61)21-20-32(45(58)68)54-41(64)31(53-44(40)67)15-11-22-51-48(49)50/h8-10,13-14,16-19,26-27,31-35,37,39-40,59,61H,6-7,11-12,15,20-25H2,1-5H3,(H,52,60)(H,53,67)(H,54,64)(H,55,66)(H,56,65)(H,62,63)(H4,49,50,51)/t26-,27+,31-,32-,33-,34-,35-,37+,39?,40-/m0/s1. The van der Waals surface area contributed by atoms with Crippen LogP contribution >= 0.6 is 0 Å². The van der Waals surface area contributed by atoms with Crippen molar-refractivity contribution >= 4 is 59.2 Å². The molecule has 23 nitrogen and oxygen atoms in total. The molecular formula is C48H68N10O13. The number of aliphatic hydroxyl groups is 1. The summed E-state index contributed by atoms with van der Waals surface area (Å²) in [5.74, 6) is -9.87. The van der Waals surface area contributed by atoms with Crippen molar-refractivity contribution in [3.05, 3.63) is 65.7 Å². The number of rotatable bonds is 17. The van der Waals surface area contributed by atoms with Crippen molar-refractivity contribution in [2.45, 2.75) is 147 Å². The molecule has 0 aliphatic carbocycles. The molecule has 71 heavy (non-hydrogen) atoms. The van der Waals surface area contributed by atoms with Crippen molar-refractivity contribution in [1.82, 2.24) is 36.4 Å². The number of aliphatic carboxylic acids is 1. The highest BCUT2D eigenvalue weighted by Gasteiger charge is 2.46. The lowest BCUT2D eigenvalue weighted by Gasteiger charge is -2.43. The van der Waals surface area contributed by atoms with E-state index in [-0.39, 0.29) is 69.6 Å². The summed E-state index contributed by atoms with van der Waals surface area (Å²) >= 11 is 0. The fourth-order valence-electron chi connectivity index (χ4n) is 8.27. The molecule has 2 aromatic rings. The number of guanidine groups is 1. The van der Waals surface area contributed by atoms with Crippen molar-refractivity contribution < 1.29 is 63.2 Å². The Labute approximate surface area is 411 Å². The number of carboxylic acid groups (broad SMARTS) is 1. The summed E-state index contributed by atoms with van der Waals surface area (Å²) < 4.78 is 5.87. The van der Waals surface area contributed by atoms with Gasteiger partial charge in [-0.15, -0.1) is 0 Å². The zero-order chi connectivity index (χ0) is 52.5.